The summed E-state index contributed by atoms with van der Waals surface area (Å²) in [5, 5.41) is 0. The molecule has 6 nitrogen and oxygen atoms in total. The zero-order valence-corrected chi connectivity index (χ0v) is 12.9. The monoisotopic (exact) mass is 292 g/mol. The molecule has 1 aromatic heterocycles. The van der Waals surface area contributed by atoms with Gasteiger partial charge in [-0.3, -0.25) is 0 Å². The number of rotatable bonds is 4. The molecule has 3 rings (SSSR count). The van der Waals surface area contributed by atoms with Crippen molar-refractivity contribution in [3.63, 3.8) is 0 Å². The summed E-state index contributed by atoms with van der Waals surface area (Å²) in [6, 6.07) is 2.06. The minimum Gasteiger partial charge on any atom is -0.381 e. The van der Waals surface area contributed by atoms with Gasteiger partial charge in [0.2, 0.25) is 5.95 Å². The third-order valence-electron chi connectivity index (χ3n) is 4.07. The number of aryl methyl sites for hydroxylation is 1. The summed E-state index contributed by atoms with van der Waals surface area (Å²) in [5.41, 5.74) is 1.01. The van der Waals surface area contributed by atoms with E-state index in [9.17, 15) is 0 Å². The maximum atomic E-state index is 5.45. The number of hydrogen-bond acceptors (Lipinski definition) is 6. The molecule has 2 saturated heterocycles. The van der Waals surface area contributed by atoms with Gasteiger partial charge >= 0.3 is 0 Å². The maximum absolute atomic E-state index is 5.45. The van der Waals surface area contributed by atoms with Crippen LogP contribution in [0.5, 0.6) is 0 Å². The highest BCUT2D eigenvalue weighted by Crippen LogP contribution is 2.20. The Morgan fingerprint density at radius 3 is 2.76 bits per heavy atom. The average Bonchev–Trinajstić information content (AvgIpc) is 3.00. The number of anilines is 2. The van der Waals surface area contributed by atoms with E-state index in [4.69, 9.17) is 14.5 Å². The SMILES string of the molecule is Cc1cc(N(C)CC2CCOC2)nc(N2CCOCC2)n1. The van der Waals surface area contributed by atoms with Crippen molar-refractivity contribution >= 4 is 11.8 Å². The molecule has 2 aliphatic rings. The Morgan fingerprint density at radius 1 is 1.24 bits per heavy atom. The van der Waals surface area contributed by atoms with Crippen LogP contribution >= 0.6 is 0 Å². The molecule has 0 bridgehead atoms. The van der Waals surface area contributed by atoms with Crippen LogP contribution in [-0.4, -0.2) is 63.1 Å². The minimum absolute atomic E-state index is 0.608. The summed E-state index contributed by atoms with van der Waals surface area (Å²) >= 11 is 0. The normalized spacial score (nSPS) is 22.6. The summed E-state index contributed by atoms with van der Waals surface area (Å²) in [5.74, 6) is 2.43. The van der Waals surface area contributed by atoms with Gasteiger partial charge in [-0.15, -0.1) is 0 Å². The summed E-state index contributed by atoms with van der Waals surface area (Å²) in [4.78, 5) is 13.7. The van der Waals surface area contributed by atoms with Crippen LogP contribution in [0.4, 0.5) is 11.8 Å². The Balaban J connectivity index is 1.73. The Morgan fingerprint density at radius 2 is 2.05 bits per heavy atom. The van der Waals surface area contributed by atoms with Crippen molar-refractivity contribution in [3.8, 4) is 0 Å². The Bertz CT molecular complexity index is 471. The van der Waals surface area contributed by atoms with E-state index in [2.05, 4.69) is 27.9 Å². The summed E-state index contributed by atoms with van der Waals surface area (Å²) < 4.78 is 10.9. The fourth-order valence-corrected chi connectivity index (χ4v) is 2.85. The Hall–Kier alpha value is -1.40. The zero-order valence-electron chi connectivity index (χ0n) is 12.9. The molecular formula is C15H24N4O2. The van der Waals surface area contributed by atoms with Crippen LogP contribution in [0.15, 0.2) is 6.07 Å². The largest absolute Gasteiger partial charge is 0.381 e. The van der Waals surface area contributed by atoms with Crippen LogP contribution in [0.25, 0.3) is 0 Å². The third-order valence-corrected chi connectivity index (χ3v) is 4.07. The second-order valence-electron chi connectivity index (χ2n) is 5.88. The molecule has 0 radical (unpaired) electrons. The molecule has 1 unspecified atom stereocenters. The minimum atomic E-state index is 0.608. The number of nitrogens with zero attached hydrogens (tertiary/aromatic N) is 4. The first-order valence-electron chi connectivity index (χ1n) is 7.69. The molecule has 0 amide bonds. The molecule has 0 aromatic carbocycles. The van der Waals surface area contributed by atoms with Crippen LogP contribution in [0, 0.1) is 12.8 Å². The molecule has 1 aromatic rings. The highest BCUT2D eigenvalue weighted by atomic mass is 16.5. The lowest BCUT2D eigenvalue weighted by atomic mass is 10.1. The molecule has 0 saturated carbocycles. The van der Waals surface area contributed by atoms with E-state index in [-0.39, 0.29) is 0 Å². The molecule has 0 spiro atoms. The smallest absolute Gasteiger partial charge is 0.227 e. The van der Waals surface area contributed by atoms with Crippen LogP contribution in [0.2, 0.25) is 0 Å². The van der Waals surface area contributed by atoms with E-state index >= 15 is 0 Å². The number of hydrogen-bond donors (Lipinski definition) is 0. The highest BCUT2D eigenvalue weighted by molar-refractivity contribution is 5.45. The highest BCUT2D eigenvalue weighted by Gasteiger charge is 2.20. The van der Waals surface area contributed by atoms with Gasteiger partial charge in [0.15, 0.2) is 0 Å². The van der Waals surface area contributed by atoms with Crippen molar-refractivity contribution in [1.82, 2.24) is 9.97 Å². The fourth-order valence-electron chi connectivity index (χ4n) is 2.85. The molecule has 0 aliphatic carbocycles. The standard InChI is InChI=1S/C15H24N4O2/c1-12-9-14(18(2)10-13-3-6-21-11-13)17-15(16-12)19-4-7-20-8-5-19/h9,13H,3-8,10-11H2,1-2H3. The first kappa shape index (κ1) is 14.5. The lowest BCUT2D eigenvalue weighted by molar-refractivity contribution is 0.122. The van der Waals surface area contributed by atoms with Gasteiger partial charge in [0.25, 0.3) is 0 Å². The molecule has 3 heterocycles. The second-order valence-corrected chi connectivity index (χ2v) is 5.88. The lowest BCUT2D eigenvalue weighted by Gasteiger charge is -2.28. The van der Waals surface area contributed by atoms with Gasteiger partial charge in [-0.25, -0.2) is 4.98 Å². The number of ether oxygens (including phenoxy) is 2. The second kappa shape index (κ2) is 6.58. The Kier molecular flexibility index (Phi) is 4.55. The van der Waals surface area contributed by atoms with Gasteiger partial charge < -0.3 is 19.3 Å². The van der Waals surface area contributed by atoms with Crippen LogP contribution in [0.1, 0.15) is 12.1 Å². The number of aromatic nitrogens is 2. The quantitative estimate of drug-likeness (QED) is 0.828. The topological polar surface area (TPSA) is 50.7 Å². The van der Waals surface area contributed by atoms with E-state index in [1.165, 1.54) is 0 Å². The average molecular weight is 292 g/mol. The van der Waals surface area contributed by atoms with Crippen molar-refractivity contribution in [2.75, 3.05) is 62.9 Å². The molecular weight excluding hydrogens is 268 g/mol. The molecule has 116 valence electrons. The van der Waals surface area contributed by atoms with Gasteiger partial charge in [0.05, 0.1) is 19.8 Å². The zero-order chi connectivity index (χ0) is 14.7. The van der Waals surface area contributed by atoms with Crippen molar-refractivity contribution in [1.29, 1.82) is 0 Å². The predicted octanol–water partition coefficient (Wildman–Crippen LogP) is 1.09. The summed E-state index contributed by atoms with van der Waals surface area (Å²) in [6.45, 7) is 8.00. The third kappa shape index (κ3) is 3.63. The lowest BCUT2D eigenvalue weighted by Crippen LogP contribution is -2.38. The van der Waals surface area contributed by atoms with Crippen molar-refractivity contribution < 1.29 is 9.47 Å². The van der Waals surface area contributed by atoms with E-state index in [0.717, 1.165) is 69.9 Å². The van der Waals surface area contributed by atoms with Gasteiger partial charge in [-0.2, -0.15) is 4.98 Å². The van der Waals surface area contributed by atoms with Crippen LogP contribution in [0.3, 0.4) is 0 Å². The molecule has 21 heavy (non-hydrogen) atoms. The van der Waals surface area contributed by atoms with Gasteiger partial charge in [-0.05, 0) is 13.3 Å². The van der Waals surface area contributed by atoms with Crippen molar-refractivity contribution in [2.24, 2.45) is 5.92 Å². The number of morpholine rings is 1. The molecule has 2 aliphatic heterocycles. The Labute approximate surface area is 126 Å². The molecule has 2 fully saturated rings. The van der Waals surface area contributed by atoms with E-state index in [1.807, 2.05) is 6.92 Å². The van der Waals surface area contributed by atoms with Crippen molar-refractivity contribution in [3.05, 3.63) is 11.8 Å². The molecule has 6 heteroatoms. The summed E-state index contributed by atoms with van der Waals surface area (Å²) in [7, 11) is 2.10. The van der Waals surface area contributed by atoms with Crippen LogP contribution in [-0.2, 0) is 9.47 Å². The first-order chi connectivity index (χ1) is 10.2. The summed E-state index contributed by atoms with van der Waals surface area (Å²) in [6.07, 6.45) is 1.14. The van der Waals surface area contributed by atoms with E-state index in [0.29, 0.717) is 5.92 Å². The molecule has 0 N–H and O–H groups in total. The predicted molar refractivity (Wildman–Crippen MR) is 82.0 cm³/mol. The first-order valence-corrected chi connectivity index (χ1v) is 7.69. The van der Waals surface area contributed by atoms with Gasteiger partial charge in [-0.1, -0.05) is 0 Å². The van der Waals surface area contributed by atoms with E-state index in [1.54, 1.807) is 0 Å². The molecule has 1 atom stereocenters. The maximum Gasteiger partial charge on any atom is 0.227 e. The van der Waals surface area contributed by atoms with E-state index < -0.39 is 0 Å². The van der Waals surface area contributed by atoms with Gasteiger partial charge in [0, 0.05) is 51.0 Å². The fraction of sp³-hybridized carbons (Fsp3) is 0.733. The van der Waals surface area contributed by atoms with Gasteiger partial charge in [0.1, 0.15) is 5.82 Å². The van der Waals surface area contributed by atoms with Crippen molar-refractivity contribution in [2.45, 2.75) is 13.3 Å². The van der Waals surface area contributed by atoms with Crippen LogP contribution < -0.4 is 9.80 Å².